The highest BCUT2D eigenvalue weighted by molar-refractivity contribution is 4.84. The zero-order valence-electron chi connectivity index (χ0n) is 11.3. The Kier molecular flexibility index (Phi) is 5.22. The van der Waals surface area contributed by atoms with Gasteiger partial charge in [0.25, 0.3) is 0 Å². The summed E-state index contributed by atoms with van der Waals surface area (Å²) in [7, 11) is 0. The first kappa shape index (κ1) is 13.9. The summed E-state index contributed by atoms with van der Waals surface area (Å²) in [5.74, 6) is 0.653. The fourth-order valence-electron chi connectivity index (χ4n) is 2.41. The summed E-state index contributed by atoms with van der Waals surface area (Å²) >= 11 is 0. The zero-order chi connectivity index (χ0) is 12.2. The van der Waals surface area contributed by atoms with Gasteiger partial charge in [0.05, 0.1) is 6.61 Å². The second kappa shape index (κ2) is 5.99. The highest BCUT2D eigenvalue weighted by atomic mass is 16.3. The number of nitrogens with zero attached hydrogens (tertiary/aromatic N) is 1. The number of aliphatic hydroxyl groups excluding tert-OH is 1. The van der Waals surface area contributed by atoms with E-state index in [4.69, 9.17) is 0 Å². The summed E-state index contributed by atoms with van der Waals surface area (Å²) in [4.78, 5) is 2.44. The Labute approximate surface area is 100 Å². The molecule has 2 unspecified atom stereocenters. The topological polar surface area (TPSA) is 35.5 Å². The van der Waals surface area contributed by atoms with Crippen molar-refractivity contribution >= 4 is 0 Å². The Hall–Kier alpha value is -0.120. The molecule has 2 atom stereocenters. The van der Waals surface area contributed by atoms with Crippen molar-refractivity contribution in [3.63, 3.8) is 0 Å². The molecule has 0 radical (unpaired) electrons. The zero-order valence-corrected chi connectivity index (χ0v) is 11.3. The van der Waals surface area contributed by atoms with Crippen molar-refractivity contribution in [2.45, 2.75) is 52.1 Å². The molecule has 0 saturated carbocycles. The molecule has 2 N–H and O–H groups in total. The highest BCUT2D eigenvalue weighted by Crippen LogP contribution is 2.23. The minimum atomic E-state index is 0.217. The molecule has 0 aromatic heterocycles. The van der Waals surface area contributed by atoms with E-state index in [2.05, 4.69) is 37.9 Å². The Morgan fingerprint density at radius 2 is 2.06 bits per heavy atom. The maximum absolute atomic E-state index is 9.34. The van der Waals surface area contributed by atoms with Crippen molar-refractivity contribution < 1.29 is 5.11 Å². The fraction of sp³-hybridized carbons (Fsp3) is 1.00. The molecule has 1 aliphatic rings. The molecule has 1 saturated heterocycles. The molecule has 0 aromatic carbocycles. The number of hydrogen-bond acceptors (Lipinski definition) is 3. The average molecular weight is 228 g/mol. The van der Waals surface area contributed by atoms with Crippen LogP contribution in [0.5, 0.6) is 0 Å². The van der Waals surface area contributed by atoms with Crippen molar-refractivity contribution in [1.82, 2.24) is 10.2 Å². The minimum absolute atomic E-state index is 0.217. The van der Waals surface area contributed by atoms with Gasteiger partial charge in [-0.2, -0.15) is 0 Å². The standard InChI is InChI=1S/C13H28N2O/c1-11-6-9-15(12(11)10-16)8-5-7-14-13(2,3)4/h11-12,14,16H,5-10H2,1-4H3. The Morgan fingerprint density at radius 3 is 2.62 bits per heavy atom. The number of nitrogens with one attached hydrogen (secondary N) is 1. The van der Waals surface area contributed by atoms with Gasteiger partial charge in [-0.05, 0) is 59.2 Å². The lowest BCUT2D eigenvalue weighted by Gasteiger charge is -2.26. The van der Waals surface area contributed by atoms with E-state index in [1.54, 1.807) is 0 Å². The van der Waals surface area contributed by atoms with Gasteiger partial charge in [0.1, 0.15) is 0 Å². The molecule has 1 fully saturated rings. The van der Waals surface area contributed by atoms with Gasteiger partial charge in [0.15, 0.2) is 0 Å². The molecule has 96 valence electrons. The van der Waals surface area contributed by atoms with Crippen LogP contribution >= 0.6 is 0 Å². The van der Waals surface area contributed by atoms with Crippen LogP contribution < -0.4 is 5.32 Å². The summed E-state index contributed by atoms with van der Waals surface area (Å²) in [6.45, 7) is 12.5. The van der Waals surface area contributed by atoms with Gasteiger partial charge in [-0.15, -0.1) is 0 Å². The lowest BCUT2D eigenvalue weighted by atomic mass is 10.0. The van der Waals surface area contributed by atoms with Crippen LogP contribution in [0.1, 0.15) is 40.5 Å². The van der Waals surface area contributed by atoms with Crippen molar-refractivity contribution in [1.29, 1.82) is 0 Å². The Balaban J connectivity index is 2.18. The highest BCUT2D eigenvalue weighted by Gasteiger charge is 2.29. The molecule has 1 aliphatic heterocycles. The monoisotopic (exact) mass is 228 g/mol. The minimum Gasteiger partial charge on any atom is -0.395 e. The van der Waals surface area contributed by atoms with Crippen molar-refractivity contribution in [2.75, 3.05) is 26.2 Å². The third-order valence-corrected chi connectivity index (χ3v) is 3.46. The maximum atomic E-state index is 9.34. The van der Waals surface area contributed by atoms with Gasteiger partial charge < -0.3 is 10.4 Å². The second-order valence-corrected chi connectivity index (χ2v) is 6.08. The van der Waals surface area contributed by atoms with Gasteiger partial charge in [-0.25, -0.2) is 0 Å². The molecule has 3 nitrogen and oxygen atoms in total. The molecule has 0 aliphatic carbocycles. The average Bonchev–Trinajstić information content (AvgIpc) is 2.52. The largest absolute Gasteiger partial charge is 0.395 e. The van der Waals surface area contributed by atoms with E-state index in [0.717, 1.165) is 19.6 Å². The molecule has 0 amide bonds. The van der Waals surface area contributed by atoms with Crippen molar-refractivity contribution in [3.8, 4) is 0 Å². The molecule has 0 spiro atoms. The normalized spacial score (nSPS) is 27.6. The summed E-state index contributed by atoms with van der Waals surface area (Å²) in [5.41, 5.74) is 0.217. The summed E-state index contributed by atoms with van der Waals surface area (Å²) in [5, 5.41) is 12.8. The first-order chi connectivity index (χ1) is 7.44. The molecule has 1 heterocycles. The third kappa shape index (κ3) is 4.40. The van der Waals surface area contributed by atoms with Crippen LogP contribution in [-0.2, 0) is 0 Å². The number of likely N-dealkylation sites (tertiary alicyclic amines) is 1. The van der Waals surface area contributed by atoms with E-state index in [1.807, 2.05) is 0 Å². The van der Waals surface area contributed by atoms with Crippen molar-refractivity contribution in [3.05, 3.63) is 0 Å². The van der Waals surface area contributed by atoms with E-state index >= 15 is 0 Å². The predicted octanol–water partition coefficient (Wildman–Crippen LogP) is 1.47. The summed E-state index contributed by atoms with van der Waals surface area (Å²) in [6.07, 6.45) is 2.40. The van der Waals surface area contributed by atoms with Crippen LogP contribution in [0.15, 0.2) is 0 Å². The van der Waals surface area contributed by atoms with E-state index in [-0.39, 0.29) is 5.54 Å². The molecule has 16 heavy (non-hydrogen) atoms. The predicted molar refractivity (Wildman–Crippen MR) is 68.6 cm³/mol. The van der Waals surface area contributed by atoms with E-state index in [9.17, 15) is 5.11 Å². The molecular formula is C13H28N2O. The Morgan fingerprint density at radius 1 is 1.38 bits per heavy atom. The van der Waals surface area contributed by atoms with E-state index in [1.165, 1.54) is 12.8 Å². The quantitative estimate of drug-likeness (QED) is 0.700. The first-order valence-corrected chi connectivity index (χ1v) is 6.54. The Bertz CT molecular complexity index is 201. The second-order valence-electron chi connectivity index (χ2n) is 6.08. The molecule has 0 aromatic rings. The number of rotatable bonds is 5. The van der Waals surface area contributed by atoms with Crippen LogP contribution in [0.3, 0.4) is 0 Å². The van der Waals surface area contributed by atoms with Crippen LogP contribution in [0.4, 0.5) is 0 Å². The first-order valence-electron chi connectivity index (χ1n) is 6.54. The van der Waals surface area contributed by atoms with Crippen LogP contribution in [-0.4, -0.2) is 47.8 Å². The van der Waals surface area contributed by atoms with Gasteiger partial charge in [0.2, 0.25) is 0 Å². The van der Waals surface area contributed by atoms with Gasteiger partial charge in [-0.1, -0.05) is 6.92 Å². The van der Waals surface area contributed by atoms with Crippen LogP contribution in [0.2, 0.25) is 0 Å². The van der Waals surface area contributed by atoms with E-state index < -0.39 is 0 Å². The SMILES string of the molecule is CC1CCN(CCCNC(C)(C)C)C1CO. The van der Waals surface area contributed by atoms with Crippen LogP contribution in [0, 0.1) is 5.92 Å². The van der Waals surface area contributed by atoms with Gasteiger partial charge >= 0.3 is 0 Å². The van der Waals surface area contributed by atoms with E-state index in [0.29, 0.717) is 18.6 Å². The van der Waals surface area contributed by atoms with Gasteiger partial charge in [-0.3, -0.25) is 4.90 Å². The summed E-state index contributed by atoms with van der Waals surface area (Å²) < 4.78 is 0. The molecule has 1 rings (SSSR count). The molecular weight excluding hydrogens is 200 g/mol. The lowest BCUT2D eigenvalue weighted by molar-refractivity contribution is 0.137. The summed E-state index contributed by atoms with van der Waals surface area (Å²) in [6, 6.07) is 0.398. The smallest absolute Gasteiger partial charge is 0.0589 e. The van der Waals surface area contributed by atoms with Crippen molar-refractivity contribution in [2.24, 2.45) is 5.92 Å². The number of hydrogen-bond donors (Lipinski definition) is 2. The lowest BCUT2D eigenvalue weighted by Crippen LogP contribution is -2.40. The molecule has 3 heteroatoms. The van der Waals surface area contributed by atoms with Crippen LogP contribution in [0.25, 0.3) is 0 Å². The third-order valence-electron chi connectivity index (χ3n) is 3.46. The maximum Gasteiger partial charge on any atom is 0.0589 e. The fourth-order valence-corrected chi connectivity index (χ4v) is 2.41. The number of aliphatic hydroxyl groups is 1. The molecule has 0 bridgehead atoms. The van der Waals surface area contributed by atoms with Gasteiger partial charge in [0, 0.05) is 11.6 Å².